The molecule has 0 unspecified atom stereocenters. The van der Waals surface area contributed by atoms with Crippen molar-refractivity contribution in [2.75, 3.05) is 5.73 Å². The van der Waals surface area contributed by atoms with Crippen molar-refractivity contribution in [3.05, 3.63) is 34.2 Å². The lowest BCUT2D eigenvalue weighted by atomic mass is 10.2. The van der Waals surface area contributed by atoms with Crippen LogP contribution in [0.25, 0.3) is 22.4 Å². The Hall–Kier alpha value is -1.52. The molecule has 3 nitrogen and oxygen atoms in total. The van der Waals surface area contributed by atoms with Crippen molar-refractivity contribution in [1.29, 1.82) is 0 Å². The number of rotatable bonds is 4. The summed E-state index contributed by atoms with van der Waals surface area (Å²) in [6.45, 7) is 5.17. The summed E-state index contributed by atoms with van der Waals surface area (Å²) in [5, 5.41) is 1.57. The zero-order valence-electron chi connectivity index (χ0n) is 12.2. The number of nitrogen functional groups attached to an aromatic ring is 1. The minimum Gasteiger partial charge on any atom is -0.390 e. The van der Waals surface area contributed by atoms with Crippen molar-refractivity contribution < 1.29 is 0 Å². The number of aromatic nitrogens is 2. The molecule has 110 valence electrons. The molecular formula is C16H18ClN3S. The molecule has 0 amide bonds. The molecule has 2 heterocycles. The van der Waals surface area contributed by atoms with Gasteiger partial charge in [-0.15, -0.1) is 11.3 Å². The Balaban J connectivity index is 2.28. The molecule has 2 aromatic heterocycles. The van der Waals surface area contributed by atoms with E-state index in [1.54, 1.807) is 11.3 Å². The van der Waals surface area contributed by atoms with Crippen LogP contribution in [0, 0.1) is 0 Å². The van der Waals surface area contributed by atoms with E-state index in [0.29, 0.717) is 0 Å². The van der Waals surface area contributed by atoms with E-state index in [2.05, 4.69) is 24.5 Å². The third-order valence-electron chi connectivity index (χ3n) is 3.57. The summed E-state index contributed by atoms with van der Waals surface area (Å²) in [6, 6.07) is 8.00. The Morgan fingerprint density at radius 3 is 2.81 bits per heavy atom. The van der Waals surface area contributed by atoms with Gasteiger partial charge in [0.2, 0.25) is 0 Å². The number of fused-ring (bicyclic) bond motifs is 1. The van der Waals surface area contributed by atoms with Crippen LogP contribution >= 0.6 is 22.9 Å². The summed E-state index contributed by atoms with van der Waals surface area (Å²) >= 11 is 8.02. The number of para-hydroxylation sites is 1. The van der Waals surface area contributed by atoms with Gasteiger partial charge in [-0.25, -0.2) is 4.98 Å². The first-order chi connectivity index (χ1) is 10.2. The van der Waals surface area contributed by atoms with Crippen LogP contribution in [0.5, 0.6) is 0 Å². The van der Waals surface area contributed by atoms with Gasteiger partial charge in [0.15, 0.2) is 0 Å². The summed E-state index contributed by atoms with van der Waals surface area (Å²) in [4.78, 5) is 6.06. The molecule has 0 spiro atoms. The van der Waals surface area contributed by atoms with E-state index < -0.39 is 0 Å². The highest BCUT2D eigenvalue weighted by Crippen LogP contribution is 2.37. The van der Waals surface area contributed by atoms with Crippen molar-refractivity contribution in [3.8, 4) is 11.4 Å². The predicted molar refractivity (Wildman–Crippen MR) is 92.1 cm³/mol. The molecule has 0 fully saturated rings. The number of nitrogens with zero attached hydrogens (tertiary/aromatic N) is 2. The summed E-state index contributed by atoms with van der Waals surface area (Å²) in [5.74, 6) is 0.924. The summed E-state index contributed by atoms with van der Waals surface area (Å²) in [5.41, 5.74) is 9.16. The Morgan fingerprint density at radius 2 is 2.14 bits per heavy atom. The predicted octanol–water partition coefficient (Wildman–Crippen LogP) is 4.97. The van der Waals surface area contributed by atoms with Crippen LogP contribution in [-0.4, -0.2) is 9.55 Å². The highest BCUT2D eigenvalue weighted by Gasteiger charge is 2.18. The quantitative estimate of drug-likeness (QED) is 0.737. The lowest BCUT2D eigenvalue weighted by Gasteiger charge is -2.08. The minimum atomic E-state index is 0.740. The SMILES string of the molecule is CCCn1c(-c2cc(CC)sc2N)nc2cccc(Cl)c21. The first kappa shape index (κ1) is 14.4. The van der Waals surface area contributed by atoms with Gasteiger partial charge in [-0.3, -0.25) is 0 Å². The number of imidazole rings is 1. The average Bonchev–Trinajstić information content (AvgIpc) is 3.01. The van der Waals surface area contributed by atoms with Gasteiger partial charge in [0, 0.05) is 11.4 Å². The van der Waals surface area contributed by atoms with Crippen LogP contribution in [0.3, 0.4) is 0 Å². The normalized spacial score (nSPS) is 11.4. The smallest absolute Gasteiger partial charge is 0.144 e. The van der Waals surface area contributed by atoms with Crippen LogP contribution < -0.4 is 5.73 Å². The zero-order chi connectivity index (χ0) is 15.0. The van der Waals surface area contributed by atoms with Crippen LogP contribution in [0.15, 0.2) is 24.3 Å². The van der Waals surface area contributed by atoms with E-state index >= 15 is 0 Å². The van der Waals surface area contributed by atoms with E-state index in [4.69, 9.17) is 22.3 Å². The average molecular weight is 320 g/mol. The second kappa shape index (κ2) is 5.70. The molecule has 2 N–H and O–H groups in total. The molecule has 21 heavy (non-hydrogen) atoms. The topological polar surface area (TPSA) is 43.8 Å². The summed E-state index contributed by atoms with van der Waals surface area (Å²) in [7, 11) is 0. The Labute approximate surface area is 133 Å². The fourth-order valence-electron chi connectivity index (χ4n) is 2.60. The number of nitrogens with two attached hydrogens (primary N) is 1. The number of anilines is 1. The van der Waals surface area contributed by atoms with Gasteiger partial charge in [-0.1, -0.05) is 31.5 Å². The number of aryl methyl sites for hydroxylation is 2. The number of thiophene rings is 1. The van der Waals surface area contributed by atoms with Crippen molar-refractivity contribution in [1.82, 2.24) is 9.55 Å². The largest absolute Gasteiger partial charge is 0.390 e. The minimum absolute atomic E-state index is 0.740. The molecule has 0 aliphatic carbocycles. The molecule has 1 aromatic carbocycles. The van der Waals surface area contributed by atoms with Crippen molar-refractivity contribution in [2.24, 2.45) is 0 Å². The van der Waals surface area contributed by atoms with Gasteiger partial charge in [0.1, 0.15) is 5.82 Å². The molecule has 0 atom stereocenters. The van der Waals surface area contributed by atoms with E-state index in [-0.39, 0.29) is 0 Å². The van der Waals surface area contributed by atoms with Crippen molar-refractivity contribution in [3.63, 3.8) is 0 Å². The fourth-order valence-corrected chi connectivity index (χ4v) is 3.73. The number of hydrogen-bond acceptors (Lipinski definition) is 3. The molecular weight excluding hydrogens is 302 g/mol. The number of benzene rings is 1. The first-order valence-electron chi connectivity index (χ1n) is 7.19. The molecule has 3 aromatic rings. The number of halogens is 1. The molecule has 0 saturated heterocycles. The van der Waals surface area contributed by atoms with Crippen LogP contribution in [0.4, 0.5) is 5.00 Å². The number of hydrogen-bond donors (Lipinski definition) is 1. The van der Waals surface area contributed by atoms with E-state index in [0.717, 1.165) is 51.8 Å². The van der Waals surface area contributed by atoms with Crippen LogP contribution in [0.2, 0.25) is 5.02 Å². The van der Waals surface area contributed by atoms with Crippen molar-refractivity contribution in [2.45, 2.75) is 33.2 Å². The van der Waals surface area contributed by atoms with Gasteiger partial charge in [0.25, 0.3) is 0 Å². The molecule has 0 aliphatic rings. The highest BCUT2D eigenvalue weighted by atomic mass is 35.5. The molecule has 0 radical (unpaired) electrons. The third-order valence-corrected chi connectivity index (χ3v) is 4.98. The second-order valence-corrected chi connectivity index (χ2v) is 6.61. The molecule has 3 rings (SSSR count). The monoisotopic (exact) mass is 319 g/mol. The Morgan fingerprint density at radius 1 is 1.33 bits per heavy atom. The zero-order valence-corrected chi connectivity index (χ0v) is 13.8. The molecule has 0 bridgehead atoms. The third kappa shape index (κ3) is 2.43. The first-order valence-corrected chi connectivity index (χ1v) is 8.38. The molecule has 0 saturated carbocycles. The lowest BCUT2D eigenvalue weighted by molar-refractivity contribution is 0.704. The standard InChI is InChI=1S/C16H18ClN3S/c1-3-8-20-14-12(17)6-5-7-13(14)19-16(20)11-9-10(4-2)21-15(11)18/h5-7,9H,3-4,8,18H2,1-2H3. The van der Waals surface area contributed by atoms with Gasteiger partial charge >= 0.3 is 0 Å². The van der Waals surface area contributed by atoms with Gasteiger partial charge in [-0.2, -0.15) is 0 Å². The van der Waals surface area contributed by atoms with Gasteiger partial charge < -0.3 is 10.3 Å². The highest BCUT2D eigenvalue weighted by molar-refractivity contribution is 7.16. The Kier molecular flexibility index (Phi) is 3.91. The van der Waals surface area contributed by atoms with Crippen LogP contribution in [-0.2, 0) is 13.0 Å². The van der Waals surface area contributed by atoms with Gasteiger partial charge in [0.05, 0.1) is 26.6 Å². The summed E-state index contributed by atoms with van der Waals surface area (Å²) < 4.78 is 2.19. The summed E-state index contributed by atoms with van der Waals surface area (Å²) in [6.07, 6.45) is 2.01. The maximum absolute atomic E-state index is 6.38. The lowest BCUT2D eigenvalue weighted by Crippen LogP contribution is -2.00. The van der Waals surface area contributed by atoms with E-state index in [1.807, 2.05) is 18.2 Å². The Bertz CT molecular complexity index is 788. The molecule has 0 aliphatic heterocycles. The second-order valence-electron chi connectivity index (χ2n) is 5.04. The fraction of sp³-hybridized carbons (Fsp3) is 0.312. The van der Waals surface area contributed by atoms with Crippen LogP contribution in [0.1, 0.15) is 25.1 Å². The maximum atomic E-state index is 6.38. The van der Waals surface area contributed by atoms with Crippen molar-refractivity contribution >= 4 is 39.0 Å². The van der Waals surface area contributed by atoms with E-state index in [9.17, 15) is 0 Å². The van der Waals surface area contributed by atoms with E-state index in [1.165, 1.54) is 4.88 Å². The maximum Gasteiger partial charge on any atom is 0.144 e. The van der Waals surface area contributed by atoms with Gasteiger partial charge in [-0.05, 0) is 31.0 Å². The molecule has 5 heteroatoms.